The molecule has 0 radical (unpaired) electrons. The lowest BCUT2D eigenvalue weighted by atomic mass is 10.0. The van der Waals surface area contributed by atoms with E-state index in [4.69, 9.17) is 0 Å². The van der Waals surface area contributed by atoms with Gasteiger partial charge in [0.05, 0.1) is 14.2 Å². The Morgan fingerprint density at radius 2 is 1.86 bits per heavy atom. The van der Waals surface area contributed by atoms with Gasteiger partial charge in [-0.05, 0) is 18.9 Å². The molecule has 0 unspecified atom stereocenters. The zero-order valence-electron chi connectivity index (χ0n) is 8.41. The highest BCUT2D eigenvalue weighted by atomic mass is 16.5. The van der Waals surface area contributed by atoms with Gasteiger partial charge in [0.2, 0.25) is 0 Å². The molecule has 0 aromatic rings. The fourth-order valence-electron chi connectivity index (χ4n) is 0.969. The first-order valence-electron chi connectivity index (χ1n) is 4.17. The van der Waals surface area contributed by atoms with Crippen LogP contribution in [0.25, 0.3) is 0 Å². The van der Waals surface area contributed by atoms with Crippen LogP contribution in [0.4, 0.5) is 0 Å². The van der Waals surface area contributed by atoms with Crippen molar-refractivity contribution < 1.29 is 19.1 Å². The summed E-state index contributed by atoms with van der Waals surface area (Å²) < 4.78 is 8.95. The molecular weight excluding hydrogens is 184 g/mol. The maximum atomic E-state index is 11.1. The quantitative estimate of drug-likeness (QED) is 0.376. The summed E-state index contributed by atoms with van der Waals surface area (Å²) in [5, 5.41) is 0. The van der Waals surface area contributed by atoms with E-state index in [0.29, 0.717) is 12.8 Å². The molecule has 0 aromatic carbocycles. The maximum absolute atomic E-state index is 11.1. The van der Waals surface area contributed by atoms with Crippen molar-refractivity contribution in [1.82, 2.24) is 0 Å². The molecule has 0 bridgehead atoms. The van der Waals surface area contributed by atoms with Crippen molar-refractivity contribution in [1.29, 1.82) is 0 Å². The van der Waals surface area contributed by atoms with Crippen LogP contribution < -0.4 is 0 Å². The largest absolute Gasteiger partial charge is 0.468 e. The summed E-state index contributed by atoms with van der Waals surface area (Å²) in [7, 11) is 2.48. The molecule has 0 N–H and O–H groups in total. The van der Waals surface area contributed by atoms with Gasteiger partial charge in [-0.2, -0.15) is 0 Å². The lowest BCUT2D eigenvalue weighted by Crippen LogP contribution is -2.26. The molecule has 0 rings (SSSR count). The van der Waals surface area contributed by atoms with E-state index in [1.807, 2.05) is 0 Å². The third-order valence-electron chi connectivity index (χ3n) is 1.72. The standard InChI is InChI=1S/C10H14O4/c1-4-5-6-7-8(9(11)13-2)10(12)14-3/h5,8H,1,6-7H2,2-3H3. The molecule has 0 atom stereocenters. The van der Waals surface area contributed by atoms with Crippen molar-refractivity contribution in [2.75, 3.05) is 14.2 Å². The first kappa shape index (κ1) is 12.5. The molecule has 0 amide bonds. The highest BCUT2D eigenvalue weighted by Crippen LogP contribution is 2.10. The van der Waals surface area contributed by atoms with Crippen molar-refractivity contribution in [3.8, 4) is 0 Å². The number of carbonyl (C=O) groups is 2. The predicted molar refractivity (Wildman–Crippen MR) is 50.5 cm³/mol. The Morgan fingerprint density at radius 3 is 2.21 bits per heavy atom. The van der Waals surface area contributed by atoms with E-state index < -0.39 is 17.9 Å². The molecule has 0 aliphatic heterocycles. The number of hydrogen-bond acceptors (Lipinski definition) is 4. The molecule has 0 spiro atoms. The van der Waals surface area contributed by atoms with Crippen molar-refractivity contribution >= 4 is 11.9 Å². The van der Waals surface area contributed by atoms with Gasteiger partial charge < -0.3 is 9.47 Å². The summed E-state index contributed by atoms with van der Waals surface area (Å²) in [5.74, 6) is -2.00. The SMILES string of the molecule is C=C=CCCC(C(=O)OC)C(=O)OC. The van der Waals surface area contributed by atoms with E-state index in [0.717, 1.165) is 0 Å². The Hall–Kier alpha value is -1.54. The topological polar surface area (TPSA) is 52.6 Å². The number of methoxy groups -OCH3 is 2. The summed E-state index contributed by atoms with van der Waals surface area (Å²) in [5.41, 5.74) is 2.56. The van der Waals surface area contributed by atoms with Crippen LogP contribution in [0, 0.1) is 5.92 Å². The van der Waals surface area contributed by atoms with Gasteiger partial charge in [0.25, 0.3) is 0 Å². The van der Waals surface area contributed by atoms with Gasteiger partial charge in [-0.1, -0.05) is 6.58 Å². The molecule has 78 valence electrons. The number of rotatable bonds is 5. The average Bonchev–Trinajstić information content (AvgIpc) is 2.22. The fraction of sp³-hybridized carbons (Fsp3) is 0.500. The van der Waals surface area contributed by atoms with Crippen LogP contribution >= 0.6 is 0 Å². The highest BCUT2D eigenvalue weighted by molar-refractivity contribution is 5.94. The minimum atomic E-state index is -0.852. The number of carbonyl (C=O) groups excluding carboxylic acids is 2. The van der Waals surface area contributed by atoms with E-state index in [1.54, 1.807) is 6.08 Å². The molecule has 0 aliphatic rings. The normalized spacial score (nSPS) is 9.07. The van der Waals surface area contributed by atoms with Crippen LogP contribution in [0.3, 0.4) is 0 Å². The lowest BCUT2D eigenvalue weighted by molar-refractivity contribution is -0.159. The first-order valence-corrected chi connectivity index (χ1v) is 4.17. The van der Waals surface area contributed by atoms with Crippen LogP contribution in [0.2, 0.25) is 0 Å². The van der Waals surface area contributed by atoms with E-state index >= 15 is 0 Å². The van der Waals surface area contributed by atoms with E-state index in [-0.39, 0.29) is 0 Å². The molecule has 4 nitrogen and oxygen atoms in total. The van der Waals surface area contributed by atoms with Gasteiger partial charge in [-0.3, -0.25) is 9.59 Å². The second kappa shape index (κ2) is 6.92. The maximum Gasteiger partial charge on any atom is 0.320 e. The third-order valence-corrected chi connectivity index (χ3v) is 1.72. The minimum absolute atomic E-state index is 0.349. The van der Waals surface area contributed by atoms with Crippen molar-refractivity contribution in [2.45, 2.75) is 12.8 Å². The Balaban J connectivity index is 4.31. The van der Waals surface area contributed by atoms with Gasteiger partial charge in [-0.25, -0.2) is 0 Å². The van der Waals surface area contributed by atoms with E-state index in [1.165, 1.54) is 14.2 Å². The third kappa shape index (κ3) is 3.92. The summed E-state index contributed by atoms with van der Waals surface area (Å²) in [6.45, 7) is 3.37. The highest BCUT2D eigenvalue weighted by Gasteiger charge is 2.27. The van der Waals surface area contributed by atoms with Crippen LogP contribution in [-0.2, 0) is 19.1 Å². The van der Waals surface area contributed by atoms with Crippen molar-refractivity contribution in [2.24, 2.45) is 5.92 Å². The second-order valence-electron chi connectivity index (χ2n) is 2.58. The number of esters is 2. The zero-order valence-corrected chi connectivity index (χ0v) is 8.41. The molecule has 0 aromatic heterocycles. The first-order chi connectivity index (χ1) is 6.67. The molecule has 14 heavy (non-hydrogen) atoms. The molecule has 4 heteroatoms. The average molecular weight is 198 g/mol. The summed E-state index contributed by atoms with van der Waals surface area (Å²) in [4.78, 5) is 22.3. The van der Waals surface area contributed by atoms with Crippen LogP contribution in [-0.4, -0.2) is 26.2 Å². The Kier molecular flexibility index (Phi) is 6.16. The zero-order chi connectivity index (χ0) is 11.0. The molecule has 0 saturated heterocycles. The fourth-order valence-corrected chi connectivity index (χ4v) is 0.969. The Morgan fingerprint density at radius 1 is 1.36 bits per heavy atom. The van der Waals surface area contributed by atoms with Crippen molar-refractivity contribution in [3.05, 3.63) is 18.4 Å². The van der Waals surface area contributed by atoms with Gasteiger partial charge in [-0.15, -0.1) is 5.73 Å². The van der Waals surface area contributed by atoms with Gasteiger partial charge >= 0.3 is 11.9 Å². The summed E-state index contributed by atoms with van der Waals surface area (Å²) >= 11 is 0. The van der Waals surface area contributed by atoms with Gasteiger partial charge in [0.15, 0.2) is 5.92 Å². The number of hydrogen-bond donors (Lipinski definition) is 0. The predicted octanol–water partition coefficient (Wildman–Crippen LogP) is 1.07. The Bertz CT molecular complexity index is 235. The minimum Gasteiger partial charge on any atom is -0.468 e. The molecule has 0 saturated carbocycles. The van der Waals surface area contributed by atoms with Gasteiger partial charge in [0, 0.05) is 0 Å². The van der Waals surface area contributed by atoms with Crippen LogP contribution in [0.1, 0.15) is 12.8 Å². The molecule has 0 aliphatic carbocycles. The molecule has 0 heterocycles. The van der Waals surface area contributed by atoms with Gasteiger partial charge in [0.1, 0.15) is 0 Å². The van der Waals surface area contributed by atoms with E-state index in [9.17, 15) is 9.59 Å². The second-order valence-corrected chi connectivity index (χ2v) is 2.58. The number of ether oxygens (including phenoxy) is 2. The number of allylic oxidation sites excluding steroid dienone is 1. The molecule has 0 fully saturated rings. The van der Waals surface area contributed by atoms with Crippen LogP contribution in [0.15, 0.2) is 18.4 Å². The van der Waals surface area contributed by atoms with Crippen LogP contribution in [0.5, 0.6) is 0 Å². The summed E-state index contributed by atoms with van der Waals surface area (Å²) in [6, 6.07) is 0. The summed E-state index contributed by atoms with van der Waals surface area (Å²) in [6.07, 6.45) is 2.54. The molecular formula is C10H14O4. The van der Waals surface area contributed by atoms with E-state index in [2.05, 4.69) is 21.8 Å². The van der Waals surface area contributed by atoms with Crippen molar-refractivity contribution in [3.63, 3.8) is 0 Å². The lowest BCUT2D eigenvalue weighted by Gasteiger charge is -2.10. The Labute approximate surface area is 83.2 Å². The smallest absolute Gasteiger partial charge is 0.320 e. The monoisotopic (exact) mass is 198 g/mol.